The highest BCUT2D eigenvalue weighted by Gasteiger charge is 2.40. The first-order valence-electron chi connectivity index (χ1n) is 6.58. The second-order valence-corrected chi connectivity index (χ2v) is 5.31. The van der Waals surface area contributed by atoms with Crippen molar-refractivity contribution in [2.45, 2.75) is 45.1 Å². The van der Waals surface area contributed by atoms with Crippen LogP contribution in [-0.4, -0.2) is 12.0 Å². The van der Waals surface area contributed by atoms with Crippen LogP contribution < -0.4 is 4.74 Å². The average molecular weight is 253 g/mol. The third-order valence-corrected chi connectivity index (χ3v) is 4.43. The van der Waals surface area contributed by atoms with Crippen molar-refractivity contribution in [1.29, 1.82) is 0 Å². The highest BCUT2D eigenvalue weighted by molar-refractivity contribution is 6.18. The molecule has 0 aromatic heterocycles. The zero-order chi connectivity index (χ0) is 12.1. The Morgan fingerprint density at radius 1 is 1.24 bits per heavy atom. The molecule has 1 aliphatic rings. The Kier molecular flexibility index (Phi) is 4.33. The summed E-state index contributed by atoms with van der Waals surface area (Å²) in [7, 11) is 0. The number of hydrogen-bond donors (Lipinski definition) is 0. The summed E-state index contributed by atoms with van der Waals surface area (Å²) in [6.45, 7) is 2.26. The van der Waals surface area contributed by atoms with Crippen molar-refractivity contribution in [1.82, 2.24) is 0 Å². The van der Waals surface area contributed by atoms with Gasteiger partial charge in [-0.3, -0.25) is 0 Å². The van der Waals surface area contributed by atoms with E-state index in [1.807, 2.05) is 30.3 Å². The van der Waals surface area contributed by atoms with Crippen LogP contribution in [0.4, 0.5) is 0 Å². The normalized spacial score (nSPS) is 20.1. The molecule has 0 aliphatic heterocycles. The monoisotopic (exact) mass is 252 g/mol. The number of rotatable bonds is 5. The fourth-order valence-corrected chi connectivity index (χ4v) is 3.36. The molecule has 1 aromatic rings. The van der Waals surface area contributed by atoms with Gasteiger partial charge in [0.05, 0.1) is 5.88 Å². The van der Waals surface area contributed by atoms with Crippen LogP contribution in [0.2, 0.25) is 0 Å². The molecule has 1 atom stereocenters. The van der Waals surface area contributed by atoms with Crippen molar-refractivity contribution in [3.05, 3.63) is 30.3 Å². The van der Waals surface area contributed by atoms with E-state index in [1.54, 1.807) is 0 Å². The van der Waals surface area contributed by atoms with Gasteiger partial charge in [-0.2, -0.15) is 0 Å². The summed E-state index contributed by atoms with van der Waals surface area (Å²) in [5.41, 5.74) is 0.303. The second-order valence-electron chi connectivity index (χ2n) is 5.00. The molecular formula is C15H21ClO. The standard InChI is InChI=1S/C15H21ClO/c1-2-15(10-6-7-11-15)14(12-16)17-13-8-4-3-5-9-13/h3-5,8-9,14H,2,6-7,10-12H2,1H3. The Bertz CT molecular complexity index is 330. The number of alkyl halides is 1. The average Bonchev–Trinajstić information content (AvgIpc) is 2.87. The molecule has 1 aromatic carbocycles. The molecule has 0 saturated heterocycles. The van der Waals surface area contributed by atoms with Crippen molar-refractivity contribution in [3.63, 3.8) is 0 Å². The molecule has 1 saturated carbocycles. The lowest BCUT2D eigenvalue weighted by molar-refractivity contribution is 0.0634. The van der Waals surface area contributed by atoms with Gasteiger partial charge in [-0.15, -0.1) is 11.6 Å². The van der Waals surface area contributed by atoms with Crippen LogP contribution in [0.5, 0.6) is 5.75 Å². The van der Waals surface area contributed by atoms with Crippen molar-refractivity contribution in [2.24, 2.45) is 5.41 Å². The summed E-state index contributed by atoms with van der Waals surface area (Å²) in [5, 5.41) is 0. The first kappa shape index (κ1) is 12.8. The maximum Gasteiger partial charge on any atom is 0.119 e. The van der Waals surface area contributed by atoms with Crippen LogP contribution >= 0.6 is 11.6 Å². The Hall–Kier alpha value is -0.690. The van der Waals surface area contributed by atoms with Gasteiger partial charge in [-0.25, -0.2) is 0 Å². The lowest BCUT2D eigenvalue weighted by Crippen LogP contribution is -2.38. The van der Waals surface area contributed by atoms with Crippen LogP contribution in [-0.2, 0) is 0 Å². The summed E-state index contributed by atoms with van der Waals surface area (Å²) >= 11 is 6.14. The molecule has 0 heterocycles. The third-order valence-electron chi connectivity index (χ3n) is 4.15. The Morgan fingerprint density at radius 3 is 2.41 bits per heavy atom. The smallest absolute Gasteiger partial charge is 0.119 e. The lowest BCUT2D eigenvalue weighted by atomic mass is 9.78. The first-order valence-corrected chi connectivity index (χ1v) is 7.12. The quantitative estimate of drug-likeness (QED) is 0.694. The highest BCUT2D eigenvalue weighted by atomic mass is 35.5. The van der Waals surface area contributed by atoms with E-state index in [-0.39, 0.29) is 6.10 Å². The molecular weight excluding hydrogens is 232 g/mol. The van der Waals surface area contributed by atoms with Gasteiger partial charge in [-0.1, -0.05) is 38.0 Å². The Morgan fingerprint density at radius 2 is 1.88 bits per heavy atom. The van der Waals surface area contributed by atoms with Crippen LogP contribution in [0.15, 0.2) is 30.3 Å². The minimum absolute atomic E-state index is 0.152. The molecule has 2 rings (SSSR count). The van der Waals surface area contributed by atoms with Crippen LogP contribution in [0.25, 0.3) is 0 Å². The zero-order valence-corrected chi connectivity index (χ0v) is 11.2. The SMILES string of the molecule is CCC1(C(CCl)Oc2ccccc2)CCCC1. The molecule has 0 spiro atoms. The van der Waals surface area contributed by atoms with E-state index in [0.29, 0.717) is 11.3 Å². The predicted molar refractivity (Wildman–Crippen MR) is 72.8 cm³/mol. The largest absolute Gasteiger partial charge is 0.489 e. The van der Waals surface area contributed by atoms with E-state index in [2.05, 4.69) is 6.92 Å². The number of hydrogen-bond acceptors (Lipinski definition) is 1. The molecule has 0 N–H and O–H groups in total. The van der Waals surface area contributed by atoms with E-state index in [1.165, 1.54) is 25.7 Å². The van der Waals surface area contributed by atoms with Crippen LogP contribution in [0.3, 0.4) is 0 Å². The van der Waals surface area contributed by atoms with Gasteiger partial charge in [0, 0.05) is 5.41 Å². The molecule has 0 radical (unpaired) electrons. The molecule has 1 aliphatic carbocycles. The topological polar surface area (TPSA) is 9.23 Å². The molecule has 2 heteroatoms. The summed E-state index contributed by atoms with van der Waals surface area (Å²) in [5.74, 6) is 1.53. The Labute approximate surface area is 109 Å². The maximum atomic E-state index is 6.14. The fourth-order valence-electron chi connectivity index (χ4n) is 2.97. The van der Waals surface area contributed by atoms with Gasteiger partial charge in [0.2, 0.25) is 0 Å². The molecule has 17 heavy (non-hydrogen) atoms. The van der Waals surface area contributed by atoms with E-state index < -0.39 is 0 Å². The fraction of sp³-hybridized carbons (Fsp3) is 0.600. The zero-order valence-electron chi connectivity index (χ0n) is 10.5. The van der Waals surface area contributed by atoms with Gasteiger partial charge in [0.15, 0.2) is 0 Å². The van der Waals surface area contributed by atoms with E-state index in [9.17, 15) is 0 Å². The third kappa shape index (κ3) is 2.77. The van der Waals surface area contributed by atoms with Crippen molar-refractivity contribution in [3.8, 4) is 5.75 Å². The van der Waals surface area contributed by atoms with Crippen molar-refractivity contribution in [2.75, 3.05) is 5.88 Å². The number of halogens is 1. The van der Waals surface area contributed by atoms with Gasteiger partial charge >= 0.3 is 0 Å². The summed E-state index contributed by atoms with van der Waals surface area (Å²) in [6, 6.07) is 10.0. The molecule has 0 bridgehead atoms. The molecule has 1 unspecified atom stereocenters. The number of benzene rings is 1. The van der Waals surface area contributed by atoms with E-state index in [4.69, 9.17) is 16.3 Å². The minimum Gasteiger partial charge on any atom is -0.489 e. The van der Waals surface area contributed by atoms with E-state index in [0.717, 1.165) is 12.2 Å². The van der Waals surface area contributed by atoms with Crippen LogP contribution in [0.1, 0.15) is 39.0 Å². The van der Waals surface area contributed by atoms with Crippen LogP contribution in [0, 0.1) is 5.41 Å². The maximum absolute atomic E-state index is 6.14. The molecule has 0 amide bonds. The van der Waals surface area contributed by atoms with Gasteiger partial charge in [-0.05, 0) is 31.4 Å². The summed E-state index contributed by atoms with van der Waals surface area (Å²) in [6.07, 6.45) is 6.47. The summed E-state index contributed by atoms with van der Waals surface area (Å²) in [4.78, 5) is 0. The predicted octanol–water partition coefficient (Wildman–Crippen LogP) is 4.64. The molecule has 1 nitrogen and oxygen atoms in total. The number of para-hydroxylation sites is 1. The summed E-state index contributed by atoms with van der Waals surface area (Å²) < 4.78 is 6.11. The van der Waals surface area contributed by atoms with Crippen molar-refractivity contribution < 1.29 is 4.74 Å². The van der Waals surface area contributed by atoms with Crippen molar-refractivity contribution >= 4 is 11.6 Å². The number of ether oxygens (including phenoxy) is 1. The Balaban J connectivity index is 2.10. The van der Waals surface area contributed by atoms with Gasteiger partial charge < -0.3 is 4.74 Å². The molecule has 94 valence electrons. The second kappa shape index (κ2) is 5.77. The first-order chi connectivity index (χ1) is 8.30. The minimum atomic E-state index is 0.152. The molecule has 1 fully saturated rings. The highest BCUT2D eigenvalue weighted by Crippen LogP contribution is 2.45. The van der Waals surface area contributed by atoms with E-state index >= 15 is 0 Å². The van der Waals surface area contributed by atoms with Gasteiger partial charge in [0.1, 0.15) is 11.9 Å². The lowest BCUT2D eigenvalue weighted by Gasteiger charge is -2.35. The van der Waals surface area contributed by atoms with Gasteiger partial charge in [0.25, 0.3) is 0 Å².